The molecule has 1 heterocycles. The Bertz CT molecular complexity index is 766. The predicted octanol–water partition coefficient (Wildman–Crippen LogP) is 3.22. The van der Waals surface area contributed by atoms with E-state index < -0.39 is 11.8 Å². The third-order valence-corrected chi connectivity index (χ3v) is 3.77. The number of imide groups is 1. The molecule has 0 radical (unpaired) electrons. The molecule has 5 heteroatoms. The number of halogens is 1. The van der Waals surface area contributed by atoms with Crippen LogP contribution in [0.2, 0.25) is 0 Å². The minimum absolute atomic E-state index is 0.0629. The lowest BCUT2D eigenvalue weighted by Crippen LogP contribution is -2.31. The molecule has 2 amide bonds. The van der Waals surface area contributed by atoms with Crippen molar-refractivity contribution in [2.75, 3.05) is 12.0 Å². The molecular formula is C17H12ClNO3. The van der Waals surface area contributed by atoms with Gasteiger partial charge in [-0.3, -0.25) is 9.59 Å². The van der Waals surface area contributed by atoms with Crippen LogP contribution in [0, 0.1) is 0 Å². The van der Waals surface area contributed by atoms with Crippen molar-refractivity contribution in [3.8, 4) is 5.75 Å². The quantitative estimate of drug-likeness (QED) is 0.817. The van der Waals surface area contributed by atoms with E-state index in [2.05, 4.69) is 0 Å². The molecule has 3 rings (SSSR count). The van der Waals surface area contributed by atoms with Crippen LogP contribution in [0.4, 0.5) is 5.69 Å². The van der Waals surface area contributed by atoms with Gasteiger partial charge in [0.05, 0.1) is 18.4 Å². The van der Waals surface area contributed by atoms with Gasteiger partial charge in [-0.1, -0.05) is 41.9 Å². The second-order valence-electron chi connectivity index (χ2n) is 4.70. The standard InChI is InChI=1S/C17H12ClNO3/c1-22-13-9-7-12(8-10-13)19-16(20)14(15(18)17(19)21)11-5-3-2-4-6-11/h2-10H,1H3. The van der Waals surface area contributed by atoms with E-state index >= 15 is 0 Å². The molecule has 0 N–H and O–H groups in total. The third-order valence-electron chi connectivity index (χ3n) is 3.42. The molecule has 0 aromatic heterocycles. The largest absolute Gasteiger partial charge is 0.497 e. The number of rotatable bonds is 3. The molecule has 2 aromatic carbocycles. The van der Waals surface area contributed by atoms with Gasteiger partial charge in [-0.15, -0.1) is 0 Å². The number of hydrogen-bond donors (Lipinski definition) is 0. The van der Waals surface area contributed by atoms with Crippen molar-refractivity contribution in [2.45, 2.75) is 0 Å². The second-order valence-corrected chi connectivity index (χ2v) is 5.08. The Kier molecular flexibility index (Phi) is 3.69. The van der Waals surface area contributed by atoms with Gasteiger partial charge in [-0.05, 0) is 29.8 Å². The molecule has 0 saturated heterocycles. The Morgan fingerprint density at radius 2 is 1.55 bits per heavy atom. The number of carbonyl (C=O) groups is 2. The zero-order valence-corrected chi connectivity index (χ0v) is 12.5. The molecule has 2 aromatic rings. The summed E-state index contributed by atoms with van der Waals surface area (Å²) in [6.45, 7) is 0. The highest BCUT2D eigenvalue weighted by Gasteiger charge is 2.39. The van der Waals surface area contributed by atoms with Crippen LogP contribution in [0.25, 0.3) is 5.57 Å². The summed E-state index contributed by atoms with van der Waals surface area (Å²) < 4.78 is 5.07. The molecule has 110 valence electrons. The van der Waals surface area contributed by atoms with Crippen molar-refractivity contribution in [2.24, 2.45) is 0 Å². The summed E-state index contributed by atoms with van der Waals surface area (Å²) in [6.07, 6.45) is 0. The smallest absolute Gasteiger partial charge is 0.277 e. The average Bonchev–Trinajstić information content (AvgIpc) is 2.78. The number of ether oxygens (including phenoxy) is 1. The molecule has 1 aliphatic rings. The summed E-state index contributed by atoms with van der Waals surface area (Å²) in [6, 6.07) is 15.6. The molecule has 22 heavy (non-hydrogen) atoms. The maximum absolute atomic E-state index is 12.6. The highest BCUT2D eigenvalue weighted by molar-refractivity contribution is 6.60. The van der Waals surface area contributed by atoms with Gasteiger partial charge in [0.2, 0.25) is 0 Å². The van der Waals surface area contributed by atoms with Crippen LogP contribution >= 0.6 is 11.6 Å². The summed E-state index contributed by atoms with van der Waals surface area (Å²) in [7, 11) is 1.55. The van der Waals surface area contributed by atoms with Crippen LogP contribution in [0.1, 0.15) is 5.56 Å². The van der Waals surface area contributed by atoms with Gasteiger partial charge in [0.25, 0.3) is 11.8 Å². The normalized spacial score (nSPS) is 14.7. The van der Waals surface area contributed by atoms with E-state index in [1.165, 1.54) is 0 Å². The van der Waals surface area contributed by atoms with Crippen LogP contribution in [0.3, 0.4) is 0 Å². The highest BCUT2D eigenvalue weighted by atomic mass is 35.5. The van der Waals surface area contributed by atoms with E-state index in [1.54, 1.807) is 55.6 Å². The highest BCUT2D eigenvalue weighted by Crippen LogP contribution is 2.35. The van der Waals surface area contributed by atoms with Crippen LogP contribution in [-0.4, -0.2) is 18.9 Å². The molecule has 0 atom stereocenters. The van der Waals surface area contributed by atoms with Gasteiger partial charge in [-0.2, -0.15) is 0 Å². The van der Waals surface area contributed by atoms with Crippen molar-refractivity contribution in [3.05, 3.63) is 65.2 Å². The Balaban J connectivity index is 2.00. The third kappa shape index (κ3) is 2.27. The van der Waals surface area contributed by atoms with Gasteiger partial charge >= 0.3 is 0 Å². The van der Waals surface area contributed by atoms with Crippen molar-refractivity contribution >= 4 is 34.7 Å². The molecule has 4 nitrogen and oxygen atoms in total. The lowest BCUT2D eigenvalue weighted by molar-refractivity contribution is -0.119. The topological polar surface area (TPSA) is 46.6 Å². The number of benzene rings is 2. The van der Waals surface area contributed by atoms with E-state index in [0.29, 0.717) is 17.0 Å². The Labute approximate surface area is 132 Å². The summed E-state index contributed by atoms with van der Waals surface area (Å²) in [5.41, 5.74) is 1.31. The molecule has 0 aliphatic carbocycles. The first-order chi connectivity index (χ1) is 10.6. The van der Waals surface area contributed by atoms with E-state index in [9.17, 15) is 9.59 Å². The van der Waals surface area contributed by atoms with E-state index in [0.717, 1.165) is 4.90 Å². The van der Waals surface area contributed by atoms with Gasteiger partial charge in [0.15, 0.2) is 0 Å². The molecule has 0 saturated carbocycles. The van der Waals surface area contributed by atoms with Crippen LogP contribution in [0.5, 0.6) is 5.75 Å². The summed E-state index contributed by atoms with van der Waals surface area (Å²) in [4.78, 5) is 26.0. The number of methoxy groups -OCH3 is 1. The minimum atomic E-state index is -0.518. The first-order valence-corrected chi connectivity index (χ1v) is 6.99. The number of anilines is 1. The van der Waals surface area contributed by atoms with Crippen LogP contribution < -0.4 is 9.64 Å². The maximum atomic E-state index is 12.6. The number of hydrogen-bond acceptors (Lipinski definition) is 3. The fourth-order valence-corrected chi connectivity index (χ4v) is 2.60. The van der Waals surface area contributed by atoms with E-state index in [4.69, 9.17) is 16.3 Å². The van der Waals surface area contributed by atoms with E-state index in [1.807, 2.05) is 6.07 Å². The lowest BCUT2D eigenvalue weighted by Gasteiger charge is -2.15. The van der Waals surface area contributed by atoms with Crippen LogP contribution in [-0.2, 0) is 9.59 Å². The number of nitrogens with zero attached hydrogens (tertiary/aromatic N) is 1. The summed E-state index contributed by atoms with van der Waals surface area (Å²) in [5.74, 6) is -0.299. The summed E-state index contributed by atoms with van der Waals surface area (Å²) >= 11 is 6.10. The molecule has 0 unspecified atom stereocenters. The molecule has 0 spiro atoms. The first kappa shape index (κ1) is 14.4. The van der Waals surface area contributed by atoms with Gasteiger partial charge < -0.3 is 4.74 Å². The maximum Gasteiger partial charge on any atom is 0.277 e. The van der Waals surface area contributed by atoms with Crippen molar-refractivity contribution in [3.63, 3.8) is 0 Å². The lowest BCUT2D eigenvalue weighted by atomic mass is 10.1. The van der Waals surface area contributed by atoms with E-state index in [-0.39, 0.29) is 10.6 Å². The zero-order valence-electron chi connectivity index (χ0n) is 11.7. The fourth-order valence-electron chi connectivity index (χ4n) is 2.32. The van der Waals surface area contributed by atoms with Gasteiger partial charge in [0.1, 0.15) is 10.8 Å². The molecule has 0 fully saturated rings. The Hall–Kier alpha value is -2.59. The first-order valence-electron chi connectivity index (χ1n) is 6.61. The van der Waals surface area contributed by atoms with Crippen LogP contribution in [0.15, 0.2) is 59.6 Å². The summed E-state index contributed by atoms with van der Waals surface area (Å²) in [5, 5.41) is -0.0629. The molecular weight excluding hydrogens is 302 g/mol. The van der Waals surface area contributed by atoms with Crippen molar-refractivity contribution in [1.82, 2.24) is 0 Å². The van der Waals surface area contributed by atoms with Crippen molar-refractivity contribution in [1.29, 1.82) is 0 Å². The zero-order chi connectivity index (χ0) is 15.7. The number of carbonyl (C=O) groups excluding carboxylic acids is 2. The Morgan fingerprint density at radius 3 is 2.14 bits per heavy atom. The fraction of sp³-hybridized carbons (Fsp3) is 0.0588. The monoisotopic (exact) mass is 313 g/mol. The Morgan fingerprint density at radius 1 is 0.909 bits per heavy atom. The SMILES string of the molecule is COc1ccc(N2C(=O)C(Cl)=C(c3ccccc3)C2=O)cc1. The predicted molar refractivity (Wildman–Crippen MR) is 84.7 cm³/mol. The second kappa shape index (κ2) is 5.66. The molecule has 0 bridgehead atoms. The minimum Gasteiger partial charge on any atom is -0.497 e. The number of amides is 2. The van der Waals surface area contributed by atoms with Gasteiger partial charge in [0, 0.05) is 0 Å². The van der Waals surface area contributed by atoms with Gasteiger partial charge in [-0.25, -0.2) is 4.90 Å². The molecule has 1 aliphatic heterocycles. The average molecular weight is 314 g/mol. The van der Waals surface area contributed by atoms with Crippen molar-refractivity contribution < 1.29 is 14.3 Å².